The van der Waals surface area contributed by atoms with Crippen molar-refractivity contribution in [1.82, 2.24) is 9.88 Å². The molecule has 0 N–H and O–H groups in total. The number of halogens is 2. The molecule has 0 radical (unpaired) electrons. The number of piperidine rings is 1. The maximum absolute atomic E-state index is 14.2. The van der Waals surface area contributed by atoms with Gasteiger partial charge in [0.05, 0.1) is 42.9 Å². The molecule has 1 aliphatic heterocycles. The van der Waals surface area contributed by atoms with E-state index < -0.39 is 5.41 Å². The number of likely N-dealkylation sites (tertiary alicyclic amines) is 1. The molecule has 0 spiro atoms. The Labute approximate surface area is 222 Å². The van der Waals surface area contributed by atoms with Crippen LogP contribution in [0.5, 0.6) is 11.5 Å². The number of amides is 1. The molecule has 0 saturated carbocycles. The van der Waals surface area contributed by atoms with Crippen LogP contribution in [0, 0.1) is 5.41 Å². The number of allylic oxidation sites excluding steroid dienone is 1. The predicted octanol–water partition coefficient (Wildman–Crippen LogP) is 7.25. The van der Waals surface area contributed by atoms with E-state index in [2.05, 4.69) is 17.6 Å². The number of aromatic nitrogens is 1. The minimum atomic E-state index is -0.642. The zero-order valence-electron chi connectivity index (χ0n) is 20.7. The van der Waals surface area contributed by atoms with Crippen molar-refractivity contribution in [3.8, 4) is 11.5 Å². The van der Waals surface area contributed by atoms with Gasteiger partial charge in [-0.1, -0.05) is 48.3 Å². The summed E-state index contributed by atoms with van der Waals surface area (Å²) < 4.78 is 11.0. The number of nitrogens with zero attached hydrogens (tertiary/aromatic N) is 2. The third-order valence-corrected chi connectivity index (χ3v) is 7.38. The maximum atomic E-state index is 14.2. The molecule has 1 amide bonds. The molecule has 2 aromatic carbocycles. The van der Waals surface area contributed by atoms with Crippen molar-refractivity contribution < 1.29 is 14.3 Å². The summed E-state index contributed by atoms with van der Waals surface area (Å²) in [6.45, 7) is 6.29. The smallest absolute Gasteiger partial charge is 0.229 e. The van der Waals surface area contributed by atoms with Gasteiger partial charge in [-0.25, -0.2) is 0 Å². The Balaban J connectivity index is 1.88. The lowest BCUT2D eigenvalue weighted by Crippen LogP contribution is -2.51. The predicted molar refractivity (Wildman–Crippen MR) is 144 cm³/mol. The number of pyridine rings is 1. The summed E-state index contributed by atoms with van der Waals surface area (Å²) in [5.41, 5.74) is 2.06. The first-order chi connectivity index (χ1) is 17.3. The highest BCUT2D eigenvalue weighted by Gasteiger charge is 2.49. The molecular weight excluding hydrogens is 495 g/mol. The first-order valence-corrected chi connectivity index (χ1v) is 12.5. The summed E-state index contributed by atoms with van der Waals surface area (Å²) >= 11 is 12.6. The van der Waals surface area contributed by atoms with Gasteiger partial charge in [-0.3, -0.25) is 9.78 Å². The zero-order valence-corrected chi connectivity index (χ0v) is 22.2. The van der Waals surface area contributed by atoms with Crippen molar-refractivity contribution in [1.29, 1.82) is 0 Å². The quantitative estimate of drug-likeness (QED) is 0.291. The molecule has 0 aliphatic carbocycles. The second-order valence-corrected chi connectivity index (χ2v) is 10.2. The maximum Gasteiger partial charge on any atom is 0.229 e. The van der Waals surface area contributed by atoms with Crippen molar-refractivity contribution in [2.75, 3.05) is 14.2 Å². The van der Waals surface area contributed by atoms with Crippen LogP contribution in [0.1, 0.15) is 48.5 Å². The molecule has 1 aromatic heterocycles. The molecule has 36 heavy (non-hydrogen) atoms. The zero-order chi connectivity index (χ0) is 25.9. The lowest BCUT2D eigenvalue weighted by molar-refractivity contribution is -0.151. The largest absolute Gasteiger partial charge is 0.497 e. The number of hydrogen-bond donors (Lipinski definition) is 0. The Morgan fingerprint density at radius 3 is 2.56 bits per heavy atom. The van der Waals surface area contributed by atoms with Gasteiger partial charge in [0.2, 0.25) is 5.91 Å². The highest BCUT2D eigenvalue weighted by Crippen LogP contribution is 2.51. The molecule has 0 bridgehead atoms. The fourth-order valence-electron chi connectivity index (χ4n) is 5.17. The van der Waals surface area contributed by atoms with Gasteiger partial charge in [0.1, 0.15) is 11.5 Å². The fourth-order valence-corrected chi connectivity index (χ4v) is 5.48. The average molecular weight is 525 g/mol. The number of carbonyl (C=O) groups excluding carboxylic acids is 1. The lowest BCUT2D eigenvalue weighted by Gasteiger charge is -2.49. The molecule has 3 atom stereocenters. The molecule has 1 saturated heterocycles. The van der Waals surface area contributed by atoms with Crippen molar-refractivity contribution in [2.24, 2.45) is 5.41 Å². The summed E-state index contributed by atoms with van der Waals surface area (Å²) in [5.74, 6) is 1.33. The van der Waals surface area contributed by atoms with Gasteiger partial charge in [0.15, 0.2) is 0 Å². The monoisotopic (exact) mass is 524 g/mol. The Morgan fingerprint density at radius 2 is 1.92 bits per heavy atom. The summed E-state index contributed by atoms with van der Waals surface area (Å²) in [6.07, 6.45) is 4.63. The van der Waals surface area contributed by atoms with Crippen LogP contribution in [0.4, 0.5) is 0 Å². The number of rotatable bonds is 8. The lowest BCUT2D eigenvalue weighted by atomic mass is 9.68. The number of benzene rings is 2. The van der Waals surface area contributed by atoms with E-state index in [0.717, 1.165) is 16.8 Å². The van der Waals surface area contributed by atoms with Gasteiger partial charge in [0.25, 0.3) is 0 Å². The standard InChI is InChI=1S/C29H30Cl2N2O3/c1-5-13-29(2)16-24(19-7-6-8-21(30)14-19)27(25-12-10-22(31)17-32-25)33(28(29)34)18-20-9-11-23(35-3)15-26(20)36-4/h5-12,14-15,17,24,27H,1,13,16,18H2,2-4H3. The summed E-state index contributed by atoms with van der Waals surface area (Å²) in [5, 5.41) is 1.20. The van der Waals surface area contributed by atoms with E-state index in [0.29, 0.717) is 40.9 Å². The average Bonchev–Trinajstić information content (AvgIpc) is 2.87. The van der Waals surface area contributed by atoms with E-state index in [1.54, 1.807) is 20.4 Å². The molecular formula is C29H30Cl2N2O3. The molecule has 1 aliphatic rings. The van der Waals surface area contributed by atoms with E-state index in [1.807, 2.05) is 66.4 Å². The van der Waals surface area contributed by atoms with Gasteiger partial charge >= 0.3 is 0 Å². The van der Waals surface area contributed by atoms with E-state index in [-0.39, 0.29) is 17.9 Å². The SMILES string of the molecule is C=CCC1(C)CC(c2cccc(Cl)c2)C(c2ccc(Cl)cn2)N(Cc2ccc(OC)cc2OC)C1=O. The van der Waals surface area contributed by atoms with Crippen molar-refractivity contribution in [2.45, 2.75) is 38.3 Å². The Kier molecular flexibility index (Phi) is 7.91. The molecule has 3 unspecified atom stereocenters. The van der Waals surface area contributed by atoms with Crippen LogP contribution in [0.3, 0.4) is 0 Å². The summed E-state index contributed by atoms with van der Waals surface area (Å²) in [7, 11) is 3.23. The highest BCUT2D eigenvalue weighted by atomic mass is 35.5. The van der Waals surface area contributed by atoms with Crippen LogP contribution in [0.15, 0.2) is 73.4 Å². The first kappa shape index (κ1) is 26.1. The molecule has 3 aromatic rings. The topological polar surface area (TPSA) is 51.7 Å². The van der Waals surface area contributed by atoms with Gasteiger partial charge in [-0.15, -0.1) is 6.58 Å². The number of carbonyl (C=O) groups is 1. The molecule has 2 heterocycles. The number of ether oxygens (including phenoxy) is 2. The normalized spacial score (nSPS) is 21.8. The van der Waals surface area contributed by atoms with Crippen LogP contribution in [-0.2, 0) is 11.3 Å². The van der Waals surface area contributed by atoms with Crippen molar-refractivity contribution in [3.05, 3.63) is 100 Å². The third-order valence-electron chi connectivity index (χ3n) is 6.92. The second-order valence-electron chi connectivity index (χ2n) is 9.38. The van der Waals surface area contributed by atoms with Crippen molar-refractivity contribution in [3.63, 3.8) is 0 Å². The first-order valence-electron chi connectivity index (χ1n) is 11.8. The summed E-state index contributed by atoms with van der Waals surface area (Å²) in [6, 6.07) is 16.9. The second kappa shape index (κ2) is 10.9. The molecule has 7 heteroatoms. The van der Waals surface area contributed by atoms with E-state index in [1.165, 1.54) is 0 Å². The van der Waals surface area contributed by atoms with Crippen LogP contribution >= 0.6 is 23.2 Å². The number of methoxy groups -OCH3 is 2. The molecule has 4 rings (SSSR count). The molecule has 1 fully saturated rings. The van der Waals surface area contributed by atoms with Crippen molar-refractivity contribution >= 4 is 29.1 Å². The third kappa shape index (κ3) is 5.23. The minimum absolute atomic E-state index is 0.0419. The fraction of sp³-hybridized carbons (Fsp3) is 0.310. The molecule has 188 valence electrons. The van der Waals surface area contributed by atoms with E-state index >= 15 is 0 Å². The highest BCUT2D eigenvalue weighted by molar-refractivity contribution is 6.30. The van der Waals surface area contributed by atoms with Gasteiger partial charge in [-0.2, -0.15) is 0 Å². The number of hydrogen-bond acceptors (Lipinski definition) is 4. The van der Waals surface area contributed by atoms with Crippen LogP contribution in [0.25, 0.3) is 0 Å². The van der Waals surface area contributed by atoms with E-state index in [9.17, 15) is 4.79 Å². The molecule has 5 nitrogen and oxygen atoms in total. The van der Waals surface area contributed by atoms with Gasteiger partial charge in [0, 0.05) is 28.8 Å². The van der Waals surface area contributed by atoms with Crippen LogP contribution in [-0.4, -0.2) is 30.0 Å². The summed E-state index contributed by atoms with van der Waals surface area (Å²) in [4.78, 5) is 20.8. The van der Waals surface area contributed by atoms with Crippen LogP contribution in [0.2, 0.25) is 10.0 Å². The van der Waals surface area contributed by atoms with Gasteiger partial charge in [-0.05, 0) is 54.8 Å². The Morgan fingerprint density at radius 1 is 1.11 bits per heavy atom. The van der Waals surface area contributed by atoms with Crippen LogP contribution < -0.4 is 9.47 Å². The van der Waals surface area contributed by atoms with Gasteiger partial charge < -0.3 is 14.4 Å². The Bertz CT molecular complexity index is 1250. The van der Waals surface area contributed by atoms with E-state index in [4.69, 9.17) is 32.7 Å². The Hall–Kier alpha value is -3.02. The minimum Gasteiger partial charge on any atom is -0.497 e.